The summed E-state index contributed by atoms with van der Waals surface area (Å²) < 4.78 is 30.0. The Hall–Kier alpha value is -2.07. The Kier molecular flexibility index (Phi) is 4.48. The molecule has 0 aliphatic carbocycles. The molecule has 0 spiro atoms. The Labute approximate surface area is 128 Å². The average Bonchev–Trinajstić information content (AvgIpc) is 2.80. The number of thiocarbonyl (C=S) groups is 1. The number of nitrogens with two attached hydrogens (primary N) is 1. The van der Waals surface area contributed by atoms with Crippen molar-refractivity contribution in [2.45, 2.75) is 6.61 Å². The molecule has 21 heavy (non-hydrogen) atoms. The van der Waals surface area contributed by atoms with Crippen LogP contribution in [-0.2, 0) is 7.05 Å². The first kappa shape index (κ1) is 15.3. The summed E-state index contributed by atoms with van der Waals surface area (Å²) >= 11 is 11.2. The number of hydrogen-bond acceptors (Lipinski definition) is 6. The minimum Gasteiger partial charge on any atom is -0.433 e. The third kappa shape index (κ3) is 3.34. The monoisotopic (exact) mass is 334 g/mol. The second kappa shape index (κ2) is 6.14. The number of nitrogens with one attached hydrogen (secondary N) is 1. The number of nitrogens with zero attached hydrogens (tertiary/aromatic N) is 4. The first-order chi connectivity index (χ1) is 9.90. The van der Waals surface area contributed by atoms with Crippen molar-refractivity contribution in [3.05, 3.63) is 22.7 Å². The van der Waals surface area contributed by atoms with Crippen molar-refractivity contribution in [1.82, 2.24) is 20.2 Å². The van der Waals surface area contributed by atoms with Crippen molar-refractivity contribution in [2.24, 2.45) is 7.05 Å². The van der Waals surface area contributed by atoms with Gasteiger partial charge in [-0.1, -0.05) is 28.9 Å². The van der Waals surface area contributed by atoms with Crippen LogP contribution in [0.1, 0.15) is 5.56 Å². The van der Waals surface area contributed by atoms with Crippen LogP contribution in [0.15, 0.2) is 12.1 Å². The number of benzene rings is 1. The number of nitrogen functional groups attached to an aromatic ring is 1. The fourth-order valence-corrected chi connectivity index (χ4v) is 2.02. The van der Waals surface area contributed by atoms with Crippen LogP contribution in [0.25, 0.3) is 0 Å². The Morgan fingerprint density at radius 1 is 1.52 bits per heavy atom. The molecule has 0 amide bonds. The minimum absolute atomic E-state index is 0.000720. The van der Waals surface area contributed by atoms with Crippen LogP contribution in [-0.4, -0.2) is 31.8 Å². The number of tetrazole rings is 1. The van der Waals surface area contributed by atoms with Crippen LogP contribution in [0, 0.1) is 0 Å². The number of anilines is 2. The van der Waals surface area contributed by atoms with Gasteiger partial charge in [-0.25, -0.2) is 4.68 Å². The molecule has 1 aromatic heterocycles. The van der Waals surface area contributed by atoms with Crippen molar-refractivity contribution >= 4 is 40.4 Å². The maximum Gasteiger partial charge on any atom is 0.387 e. The van der Waals surface area contributed by atoms with E-state index in [2.05, 4.69) is 25.6 Å². The molecular formula is C10H9ClF2N6OS. The smallest absolute Gasteiger partial charge is 0.387 e. The van der Waals surface area contributed by atoms with Gasteiger partial charge in [-0.2, -0.15) is 8.78 Å². The largest absolute Gasteiger partial charge is 0.433 e. The highest BCUT2D eigenvalue weighted by Crippen LogP contribution is 2.34. The van der Waals surface area contributed by atoms with E-state index in [1.165, 1.54) is 16.8 Å². The van der Waals surface area contributed by atoms with E-state index in [4.69, 9.17) is 29.6 Å². The van der Waals surface area contributed by atoms with Crippen molar-refractivity contribution < 1.29 is 13.5 Å². The molecule has 0 radical (unpaired) electrons. The van der Waals surface area contributed by atoms with Gasteiger partial charge in [-0.05, 0) is 22.6 Å². The minimum atomic E-state index is -3.00. The summed E-state index contributed by atoms with van der Waals surface area (Å²) in [6, 6.07) is 2.67. The fraction of sp³-hybridized carbons (Fsp3) is 0.200. The molecule has 1 aromatic carbocycles. The molecule has 0 aliphatic rings. The zero-order chi connectivity index (χ0) is 15.6. The third-order valence-corrected chi connectivity index (χ3v) is 3.18. The van der Waals surface area contributed by atoms with Crippen molar-refractivity contribution in [3.63, 3.8) is 0 Å². The molecule has 0 bridgehead atoms. The van der Waals surface area contributed by atoms with Crippen LogP contribution in [0.4, 0.5) is 20.4 Å². The number of alkyl halides is 2. The lowest BCUT2D eigenvalue weighted by molar-refractivity contribution is -0.0493. The van der Waals surface area contributed by atoms with Gasteiger partial charge in [0.05, 0.1) is 10.7 Å². The third-order valence-electron chi connectivity index (χ3n) is 2.45. The quantitative estimate of drug-likeness (QED) is 0.651. The topological polar surface area (TPSA) is 90.9 Å². The van der Waals surface area contributed by atoms with E-state index < -0.39 is 6.61 Å². The molecule has 0 atom stereocenters. The molecule has 11 heteroatoms. The molecule has 7 nitrogen and oxygen atoms in total. The number of rotatable bonds is 4. The van der Waals surface area contributed by atoms with Crippen LogP contribution in [0.5, 0.6) is 5.75 Å². The van der Waals surface area contributed by atoms with E-state index in [-0.39, 0.29) is 21.4 Å². The fourth-order valence-electron chi connectivity index (χ4n) is 1.45. The molecular weight excluding hydrogens is 326 g/mol. The van der Waals surface area contributed by atoms with Crippen molar-refractivity contribution in [3.8, 4) is 5.75 Å². The molecule has 112 valence electrons. The van der Waals surface area contributed by atoms with E-state index in [0.29, 0.717) is 11.5 Å². The summed E-state index contributed by atoms with van der Waals surface area (Å²) in [5, 5.41) is 13.5. The highest BCUT2D eigenvalue weighted by molar-refractivity contribution is 7.81. The summed E-state index contributed by atoms with van der Waals surface area (Å²) in [6.45, 7) is -3.00. The second-order valence-corrected chi connectivity index (χ2v) is 4.58. The first-order valence-corrected chi connectivity index (χ1v) is 6.25. The van der Waals surface area contributed by atoms with Gasteiger partial charge in [-0.15, -0.1) is 0 Å². The highest BCUT2D eigenvalue weighted by atomic mass is 35.5. The standard InChI is InChI=1S/C10H9ClF2N6OS/c1-19-10(16-17-18-19)15-8(21)4-2-3-5(20-9(12)13)7(14)6(4)11/h2-3,9H,14H2,1H3,(H,15,16,18,21). The molecule has 0 aliphatic heterocycles. The van der Waals surface area contributed by atoms with E-state index in [1.807, 2.05) is 0 Å². The Morgan fingerprint density at radius 3 is 2.81 bits per heavy atom. The molecule has 2 rings (SSSR count). The molecule has 0 unspecified atom stereocenters. The van der Waals surface area contributed by atoms with Crippen molar-refractivity contribution in [1.29, 1.82) is 0 Å². The lowest BCUT2D eigenvalue weighted by Crippen LogP contribution is -2.15. The first-order valence-electron chi connectivity index (χ1n) is 5.46. The van der Waals surface area contributed by atoms with Gasteiger partial charge in [0.2, 0.25) is 5.95 Å². The van der Waals surface area contributed by atoms with Gasteiger partial charge in [0, 0.05) is 12.6 Å². The van der Waals surface area contributed by atoms with Gasteiger partial charge in [0.25, 0.3) is 0 Å². The van der Waals surface area contributed by atoms with Gasteiger partial charge >= 0.3 is 6.61 Å². The van der Waals surface area contributed by atoms with E-state index >= 15 is 0 Å². The highest BCUT2D eigenvalue weighted by Gasteiger charge is 2.17. The van der Waals surface area contributed by atoms with E-state index in [1.54, 1.807) is 7.05 Å². The van der Waals surface area contributed by atoms with Crippen LogP contribution < -0.4 is 15.8 Å². The maximum atomic E-state index is 12.2. The molecule has 1 heterocycles. The van der Waals surface area contributed by atoms with Gasteiger partial charge in [-0.3, -0.25) is 0 Å². The Morgan fingerprint density at radius 2 is 2.24 bits per heavy atom. The lowest BCUT2D eigenvalue weighted by atomic mass is 10.2. The summed E-state index contributed by atoms with van der Waals surface area (Å²) in [5.41, 5.74) is 5.86. The number of aryl methyl sites for hydroxylation is 1. The number of halogens is 3. The number of ether oxygens (including phenoxy) is 1. The van der Waals surface area contributed by atoms with E-state index in [0.717, 1.165) is 0 Å². The maximum absolute atomic E-state index is 12.2. The van der Waals surface area contributed by atoms with Gasteiger partial charge in [0.1, 0.15) is 4.99 Å². The molecule has 2 aromatic rings. The van der Waals surface area contributed by atoms with Crippen LogP contribution in [0.3, 0.4) is 0 Å². The van der Waals surface area contributed by atoms with E-state index in [9.17, 15) is 8.78 Å². The second-order valence-electron chi connectivity index (χ2n) is 3.80. The van der Waals surface area contributed by atoms with Crippen LogP contribution in [0.2, 0.25) is 5.02 Å². The summed E-state index contributed by atoms with van der Waals surface area (Å²) in [4.78, 5) is 0.188. The number of aromatic nitrogens is 4. The summed E-state index contributed by atoms with van der Waals surface area (Å²) in [7, 11) is 1.61. The van der Waals surface area contributed by atoms with Gasteiger partial charge in [0.15, 0.2) is 5.75 Å². The van der Waals surface area contributed by atoms with Crippen LogP contribution >= 0.6 is 23.8 Å². The molecule has 0 fully saturated rings. The normalized spacial score (nSPS) is 10.7. The molecule has 0 saturated heterocycles. The summed E-state index contributed by atoms with van der Waals surface area (Å²) in [6.07, 6.45) is 0. The zero-order valence-electron chi connectivity index (χ0n) is 10.5. The van der Waals surface area contributed by atoms with Crippen molar-refractivity contribution in [2.75, 3.05) is 11.1 Å². The predicted octanol–water partition coefficient (Wildman–Crippen LogP) is 1.83. The predicted molar refractivity (Wildman–Crippen MR) is 76.6 cm³/mol. The number of hydrogen-bond donors (Lipinski definition) is 2. The zero-order valence-corrected chi connectivity index (χ0v) is 12.1. The molecule has 0 saturated carbocycles. The molecule has 3 N–H and O–H groups in total. The Balaban J connectivity index is 2.26. The lowest BCUT2D eigenvalue weighted by Gasteiger charge is -2.13. The van der Waals surface area contributed by atoms with Gasteiger partial charge < -0.3 is 15.8 Å². The average molecular weight is 335 g/mol. The summed E-state index contributed by atoms with van der Waals surface area (Å²) in [5.74, 6) is 0.0735. The Bertz CT molecular complexity index is 680. The SMILES string of the molecule is Cn1nnnc1NC(=S)c1ccc(OC(F)F)c(N)c1Cl.